The van der Waals surface area contributed by atoms with E-state index in [0.717, 1.165) is 0 Å². The van der Waals surface area contributed by atoms with Crippen LogP contribution < -0.4 is 43.0 Å². The number of hydrogen-bond donors (Lipinski definition) is 10. The molecule has 6 atom stereocenters. The Hall–Kier alpha value is -6.47. The first kappa shape index (κ1) is 48.9. The first-order chi connectivity index (χ1) is 29.1. The van der Waals surface area contributed by atoms with Crippen LogP contribution in [0.3, 0.4) is 0 Å². The van der Waals surface area contributed by atoms with Crippen molar-refractivity contribution in [1.82, 2.24) is 37.2 Å². The highest BCUT2D eigenvalue weighted by molar-refractivity contribution is 7.98. The number of carboxylic acid groups (broad SMARTS) is 1. The van der Waals surface area contributed by atoms with Gasteiger partial charge in [0, 0.05) is 19.3 Å². The van der Waals surface area contributed by atoms with E-state index in [1.54, 1.807) is 66.9 Å². The Morgan fingerprint density at radius 3 is 1.41 bits per heavy atom. The molecule has 0 spiro atoms. The Balaban J connectivity index is 1.73. The summed E-state index contributed by atoms with van der Waals surface area (Å²) in [4.78, 5) is 104. The molecular formula is C42H54N8O10S. The third kappa shape index (κ3) is 17.3. The number of nitrogens with one attached hydrogen (secondary N) is 7. The van der Waals surface area contributed by atoms with E-state index in [1.807, 2.05) is 0 Å². The Kier molecular flexibility index (Phi) is 20.2. The summed E-state index contributed by atoms with van der Waals surface area (Å²) in [6.07, 6.45) is 1.90. The minimum Gasteiger partial charge on any atom is -0.508 e. The van der Waals surface area contributed by atoms with Gasteiger partial charge in [0.25, 0.3) is 0 Å². The summed E-state index contributed by atoms with van der Waals surface area (Å²) in [5.74, 6) is -5.88. The number of carbonyl (C=O) groups is 8. The third-order valence-corrected chi connectivity index (χ3v) is 9.86. The monoisotopic (exact) mass is 862 g/mol. The van der Waals surface area contributed by atoms with Crippen molar-refractivity contribution in [3.63, 3.8) is 0 Å². The first-order valence-corrected chi connectivity index (χ1v) is 20.8. The van der Waals surface area contributed by atoms with Gasteiger partial charge in [-0.25, -0.2) is 4.79 Å². The molecule has 0 unspecified atom stereocenters. The number of carboxylic acids is 1. The Bertz CT molecular complexity index is 1960. The minimum absolute atomic E-state index is 0.0118. The zero-order valence-corrected chi connectivity index (χ0v) is 35.0. The number of aliphatic carboxylic acids is 1. The molecule has 0 saturated carbocycles. The topological polar surface area (TPSA) is 287 Å². The molecule has 61 heavy (non-hydrogen) atoms. The Labute approximate surface area is 357 Å². The second-order valence-electron chi connectivity index (χ2n) is 14.1. The van der Waals surface area contributed by atoms with E-state index in [2.05, 4.69) is 37.2 Å². The van der Waals surface area contributed by atoms with Crippen LogP contribution in [-0.4, -0.2) is 119 Å². The molecule has 0 aliphatic heterocycles. The van der Waals surface area contributed by atoms with Gasteiger partial charge in [-0.05, 0) is 61.1 Å². The van der Waals surface area contributed by atoms with Crippen LogP contribution in [-0.2, 0) is 57.6 Å². The fraction of sp³-hybridized carbons (Fsp3) is 0.381. The van der Waals surface area contributed by atoms with Gasteiger partial charge in [0.2, 0.25) is 41.4 Å². The van der Waals surface area contributed by atoms with Gasteiger partial charge < -0.3 is 53.2 Å². The lowest BCUT2D eigenvalue weighted by Crippen LogP contribution is -2.58. The van der Waals surface area contributed by atoms with Crippen LogP contribution in [0.1, 0.15) is 37.0 Å². The summed E-state index contributed by atoms with van der Waals surface area (Å²) in [5, 5.41) is 37.2. The highest BCUT2D eigenvalue weighted by atomic mass is 32.2. The molecule has 18 nitrogen and oxygen atoms in total. The van der Waals surface area contributed by atoms with Crippen molar-refractivity contribution in [1.29, 1.82) is 0 Å². The van der Waals surface area contributed by atoms with E-state index in [0.29, 0.717) is 22.4 Å². The van der Waals surface area contributed by atoms with Crippen molar-refractivity contribution in [2.24, 2.45) is 5.73 Å². The molecule has 0 aliphatic carbocycles. The van der Waals surface area contributed by atoms with E-state index in [9.17, 15) is 48.6 Å². The molecule has 0 aliphatic rings. The van der Waals surface area contributed by atoms with Crippen LogP contribution in [0, 0.1) is 0 Å². The number of aromatic hydroxyl groups is 1. The second-order valence-corrected chi connectivity index (χ2v) is 15.1. The van der Waals surface area contributed by atoms with Crippen LogP contribution >= 0.6 is 11.8 Å². The number of benzene rings is 3. The number of carbonyl (C=O) groups excluding carboxylic acids is 7. The van der Waals surface area contributed by atoms with Gasteiger partial charge in [0.15, 0.2) is 0 Å². The number of phenols is 1. The molecule has 11 N–H and O–H groups in total. The van der Waals surface area contributed by atoms with E-state index in [-0.39, 0.29) is 38.0 Å². The van der Waals surface area contributed by atoms with Gasteiger partial charge >= 0.3 is 5.97 Å². The van der Waals surface area contributed by atoms with Gasteiger partial charge in [0.05, 0.1) is 13.1 Å². The number of amides is 7. The summed E-state index contributed by atoms with van der Waals surface area (Å²) in [7, 11) is 0. The van der Waals surface area contributed by atoms with Gasteiger partial charge in [-0.2, -0.15) is 11.8 Å². The van der Waals surface area contributed by atoms with Crippen molar-refractivity contribution in [3.8, 4) is 5.75 Å². The molecule has 3 aromatic carbocycles. The maximum Gasteiger partial charge on any atom is 0.326 e. The van der Waals surface area contributed by atoms with Crippen LogP contribution in [0.5, 0.6) is 5.75 Å². The maximum absolute atomic E-state index is 13.9. The van der Waals surface area contributed by atoms with Crippen LogP contribution in [0.25, 0.3) is 0 Å². The summed E-state index contributed by atoms with van der Waals surface area (Å²) < 4.78 is 0. The van der Waals surface area contributed by atoms with Crippen LogP contribution in [0.15, 0.2) is 84.9 Å². The molecule has 328 valence electrons. The van der Waals surface area contributed by atoms with E-state index >= 15 is 0 Å². The molecule has 0 heterocycles. The normalized spacial score (nSPS) is 13.7. The molecule has 0 fully saturated rings. The number of phenolic OH excluding ortho intramolecular Hbond substituents is 1. The molecule has 7 amide bonds. The fourth-order valence-corrected chi connectivity index (χ4v) is 6.31. The van der Waals surface area contributed by atoms with Gasteiger partial charge in [-0.1, -0.05) is 72.8 Å². The third-order valence-electron chi connectivity index (χ3n) is 9.22. The van der Waals surface area contributed by atoms with E-state index < -0.39 is 90.1 Å². The number of rotatable bonds is 24. The minimum atomic E-state index is -1.31. The molecule has 0 radical (unpaired) electrons. The zero-order valence-electron chi connectivity index (χ0n) is 34.1. The highest BCUT2D eigenvalue weighted by Gasteiger charge is 2.31. The molecule has 0 bridgehead atoms. The number of hydrogen-bond acceptors (Lipinski definition) is 11. The van der Waals surface area contributed by atoms with E-state index in [4.69, 9.17) is 5.73 Å². The molecule has 0 aromatic heterocycles. The highest BCUT2D eigenvalue weighted by Crippen LogP contribution is 2.13. The average molecular weight is 863 g/mol. The quantitative estimate of drug-likeness (QED) is 0.0535. The van der Waals surface area contributed by atoms with Crippen molar-refractivity contribution >= 4 is 59.1 Å². The van der Waals surface area contributed by atoms with Gasteiger partial charge in [0.1, 0.15) is 42.0 Å². The summed E-state index contributed by atoms with van der Waals surface area (Å²) in [5.41, 5.74) is 7.25. The average Bonchev–Trinajstić information content (AvgIpc) is 3.24. The second kappa shape index (κ2) is 25.2. The van der Waals surface area contributed by atoms with Crippen molar-refractivity contribution in [2.45, 2.75) is 75.8 Å². The largest absolute Gasteiger partial charge is 0.508 e. The van der Waals surface area contributed by atoms with Crippen molar-refractivity contribution in [2.75, 3.05) is 25.1 Å². The summed E-state index contributed by atoms with van der Waals surface area (Å²) in [6.45, 7) is 1.79. The zero-order chi connectivity index (χ0) is 44.9. The van der Waals surface area contributed by atoms with Gasteiger partial charge in [-0.3, -0.25) is 33.6 Å². The molecule has 19 heteroatoms. The maximum atomic E-state index is 13.9. The Morgan fingerprint density at radius 2 is 0.967 bits per heavy atom. The summed E-state index contributed by atoms with van der Waals surface area (Å²) >= 11 is 1.42. The molecule has 0 saturated heterocycles. The number of thioether (sulfide) groups is 1. The SMILES string of the molecule is CSCC[C@H](NC(=O)[C@H](Cc1ccccc1)NC(=O)[C@H](C)NC(=O)CNC(=O)[C@H](Cc1ccc(O)cc1)NC(=O)[C@H](Cc1ccccc1)NC(=O)[C@H](C)NC(=O)CN)C(=O)O. The first-order valence-electron chi connectivity index (χ1n) is 19.5. The molecular weight excluding hydrogens is 809 g/mol. The lowest BCUT2D eigenvalue weighted by Gasteiger charge is -2.25. The lowest BCUT2D eigenvalue weighted by molar-refractivity contribution is -0.142. The Morgan fingerprint density at radius 1 is 0.557 bits per heavy atom. The standard InChI is InChI=1S/C42H54N8O10S/c1-25(45-35(52)23-43)37(54)49-34(21-28-12-8-5-9-13-28)41(58)50-32(22-29-14-16-30(51)17-15-29)39(56)44-24-36(53)46-26(2)38(55)48-33(20-27-10-6-4-7-11-27)40(57)47-31(42(59)60)18-19-61-3/h4-17,25-26,31-34,51H,18-24,43H2,1-3H3,(H,44,56)(H,45,52)(H,46,53)(H,47,57)(H,48,55)(H,49,54)(H,50,58)(H,59,60)/t25-,26-,31-,32-,33-,34-/m0/s1. The predicted octanol–water partition coefficient (Wildman–Crippen LogP) is -0.719. The lowest BCUT2D eigenvalue weighted by atomic mass is 10.0. The summed E-state index contributed by atoms with van der Waals surface area (Å²) in [6, 6.07) is 16.2. The van der Waals surface area contributed by atoms with Gasteiger partial charge in [-0.15, -0.1) is 0 Å². The smallest absolute Gasteiger partial charge is 0.326 e. The van der Waals surface area contributed by atoms with Crippen molar-refractivity contribution in [3.05, 3.63) is 102 Å². The van der Waals surface area contributed by atoms with E-state index in [1.165, 1.54) is 49.9 Å². The molecule has 3 rings (SSSR count). The number of nitrogens with two attached hydrogens (primary N) is 1. The van der Waals surface area contributed by atoms with Crippen molar-refractivity contribution < 1.29 is 48.6 Å². The van der Waals surface area contributed by atoms with Crippen LogP contribution in [0.4, 0.5) is 0 Å². The predicted molar refractivity (Wildman–Crippen MR) is 228 cm³/mol. The molecule has 3 aromatic rings. The van der Waals surface area contributed by atoms with Crippen LogP contribution in [0.2, 0.25) is 0 Å². The fourth-order valence-electron chi connectivity index (χ4n) is 5.84.